The van der Waals surface area contributed by atoms with Crippen molar-refractivity contribution >= 4 is 47.3 Å². The van der Waals surface area contributed by atoms with Gasteiger partial charge in [0.2, 0.25) is 47.3 Å². The van der Waals surface area contributed by atoms with Crippen molar-refractivity contribution in [2.24, 2.45) is 5.73 Å². The number of aromatic hydroxyl groups is 1. The zero-order chi connectivity index (χ0) is 40.7. The molecule has 0 spiro atoms. The molecule has 2 aromatic rings. The first-order valence-electron chi connectivity index (χ1n) is 17.5. The zero-order valence-corrected chi connectivity index (χ0v) is 30.4. The van der Waals surface area contributed by atoms with E-state index in [-0.39, 0.29) is 25.1 Å². The number of nitrogens with one attached hydrogen (secondary N) is 6. The molecule has 0 radical (unpaired) electrons. The summed E-state index contributed by atoms with van der Waals surface area (Å²) in [6.07, 6.45) is 0.802. The van der Waals surface area contributed by atoms with Crippen molar-refractivity contribution in [3.63, 3.8) is 0 Å². The minimum Gasteiger partial charge on any atom is -0.508 e. The van der Waals surface area contributed by atoms with E-state index in [0.717, 1.165) is 6.92 Å². The van der Waals surface area contributed by atoms with Gasteiger partial charge in [-0.05, 0) is 43.0 Å². The van der Waals surface area contributed by atoms with E-state index in [1.807, 2.05) is 0 Å². The SMILES string of the molecule is CC(=O)N[C@@H](CO)C(=O)NCC(=O)N[C@@H](Cc1ccc(O)cc1)C(=O)N[C@@H](C)C(=O)N[C@@H](CO)C(=O)N[C@@H](Cc1ccccc1)C(=O)N1CCC[C@H]1C(N)=O. The normalized spacial score (nSPS) is 16.3. The molecule has 19 nitrogen and oxygen atoms in total. The molecule has 55 heavy (non-hydrogen) atoms. The van der Waals surface area contributed by atoms with Gasteiger partial charge < -0.3 is 57.9 Å². The molecule has 1 fully saturated rings. The van der Waals surface area contributed by atoms with Crippen LogP contribution >= 0.6 is 0 Å². The topological polar surface area (TPSA) is 299 Å². The highest BCUT2D eigenvalue weighted by atomic mass is 16.3. The van der Waals surface area contributed by atoms with Crippen molar-refractivity contribution in [1.29, 1.82) is 0 Å². The van der Waals surface area contributed by atoms with Crippen LogP contribution in [0.15, 0.2) is 54.6 Å². The number of nitrogens with two attached hydrogens (primary N) is 1. The van der Waals surface area contributed by atoms with E-state index in [4.69, 9.17) is 5.73 Å². The Balaban J connectivity index is 1.69. The molecule has 0 aliphatic carbocycles. The molecule has 6 atom stereocenters. The summed E-state index contributed by atoms with van der Waals surface area (Å²) >= 11 is 0. The van der Waals surface area contributed by atoms with Crippen LogP contribution in [0.4, 0.5) is 0 Å². The molecule has 2 aromatic carbocycles. The van der Waals surface area contributed by atoms with Gasteiger partial charge in [0.1, 0.15) is 42.0 Å². The fraction of sp³-hybridized carbons (Fsp3) is 0.444. The van der Waals surface area contributed by atoms with Crippen LogP contribution in [0.25, 0.3) is 0 Å². The average Bonchev–Trinajstić information content (AvgIpc) is 3.66. The lowest BCUT2D eigenvalue weighted by Gasteiger charge is -2.29. The molecule has 1 aliphatic heterocycles. The zero-order valence-electron chi connectivity index (χ0n) is 30.4. The van der Waals surface area contributed by atoms with Crippen LogP contribution in [0.1, 0.15) is 37.8 Å². The van der Waals surface area contributed by atoms with Crippen molar-refractivity contribution < 1.29 is 53.7 Å². The number of hydrogen-bond acceptors (Lipinski definition) is 11. The molecule has 0 bridgehead atoms. The molecular formula is C36H48N8O11. The number of carbonyl (C=O) groups excluding carboxylic acids is 8. The predicted molar refractivity (Wildman–Crippen MR) is 194 cm³/mol. The number of primary amides is 1. The largest absolute Gasteiger partial charge is 0.508 e. The van der Waals surface area contributed by atoms with E-state index >= 15 is 0 Å². The summed E-state index contributed by atoms with van der Waals surface area (Å²) in [4.78, 5) is 103. The minimum absolute atomic E-state index is 0.0289. The summed E-state index contributed by atoms with van der Waals surface area (Å²) in [6.45, 7) is 0.403. The molecule has 8 amide bonds. The fourth-order valence-electron chi connectivity index (χ4n) is 5.77. The third kappa shape index (κ3) is 13.4. The number of phenolic OH excluding ortho intramolecular Hbond substituents is 1. The number of aliphatic hydroxyl groups excluding tert-OH is 2. The molecule has 1 heterocycles. The van der Waals surface area contributed by atoms with Gasteiger partial charge in [-0.25, -0.2) is 0 Å². The highest BCUT2D eigenvalue weighted by Gasteiger charge is 2.38. The fourth-order valence-corrected chi connectivity index (χ4v) is 5.77. The van der Waals surface area contributed by atoms with Gasteiger partial charge in [0.25, 0.3) is 0 Å². The molecule has 11 N–H and O–H groups in total. The first-order valence-corrected chi connectivity index (χ1v) is 17.5. The summed E-state index contributed by atoms with van der Waals surface area (Å²) in [5, 5.41) is 43.4. The van der Waals surface area contributed by atoms with Gasteiger partial charge in [0.15, 0.2) is 0 Å². The molecular weight excluding hydrogens is 720 g/mol. The van der Waals surface area contributed by atoms with Crippen LogP contribution < -0.4 is 37.6 Å². The van der Waals surface area contributed by atoms with Crippen LogP contribution in [0.3, 0.4) is 0 Å². The third-order valence-electron chi connectivity index (χ3n) is 8.66. The molecule has 3 rings (SSSR count). The number of amides is 8. The molecule has 0 unspecified atom stereocenters. The third-order valence-corrected chi connectivity index (χ3v) is 8.66. The minimum atomic E-state index is -1.57. The molecule has 0 aromatic heterocycles. The van der Waals surface area contributed by atoms with E-state index in [2.05, 4.69) is 31.9 Å². The summed E-state index contributed by atoms with van der Waals surface area (Å²) in [7, 11) is 0. The van der Waals surface area contributed by atoms with Gasteiger partial charge in [-0.1, -0.05) is 42.5 Å². The Morgan fingerprint density at radius 3 is 1.89 bits per heavy atom. The van der Waals surface area contributed by atoms with Gasteiger partial charge in [0, 0.05) is 26.3 Å². The monoisotopic (exact) mass is 768 g/mol. The lowest BCUT2D eigenvalue weighted by molar-refractivity contribution is -0.141. The first kappa shape index (κ1) is 43.3. The Labute approximate surface area is 316 Å². The van der Waals surface area contributed by atoms with Crippen LogP contribution in [-0.2, 0) is 51.2 Å². The quantitative estimate of drug-likeness (QED) is 0.0662. The average molecular weight is 769 g/mol. The number of nitrogens with zero attached hydrogens (tertiary/aromatic N) is 1. The van der Waals surface area contributed by atoms with Crippen LogP contribution in [-0.4, -0.2) is 130 Å². The highest BCUT2D eigenvalue weighted by molar-refractivity contribution is 5.97. The van der Waals surface area contributed by atoms with E-state index in [1.54, 1.807) is 30.3 Å². The summed E-state index contributed by atoms with van der Waals surface area (Å²) in [5.74, 6) is -6.26. The van der Waals surface area contributed by atoms with Gasteiger partial charge in [-0.3, -0.25) is 38.4 Å². The smallest absolute Gasteiger partial charge is 0.246 e. The molecule has 0 saturated carbocycles. The van der Waals surface area contributed by atoms with Crippen molar-refractivity contribution in [2.75, 3.05) is 26.3 Å². The van der Waals surface area contributed by atoms with Crippen LogP contribution in [0.5, 0.6) is 5.75 Å². The Hall–Kier alpha value is -6.08. The maximum Gasteiger partial charge on any atom is 0.246 e. The standard InChI is InChI=1S/C36H48N8O11/c1-20(39-34(53)25(15-23-10-12-24(48)13-11-23)41-30(49)17-38-33(52)27(18-45)40-21(2)47)32(51)43-28(19-46)35(54)42-26(16-22-7-4-3-5-8-22)36(55)44-14-6-9-29(44)31(37)50/h3-5,7-8,10-13,20,25-29,45-46,48H,6,9,14-19H2,1-2H3,(H2,37,50)(H,38,52)(H,39,53)(H,40,47)(H,41,49)(H,42,54)(H,43,51)/t20-,25-,26-,27-,28-,29-/m0/s1. The maximum absolute atomic E-state index is 13.6. The maximum atomic E-state index is 13.6. The van der Waals surface area contributed by atoms with Crippen molar-refractivity contribution in [3.05, 3.63) is 65.7 Å². The summed E-state index contributed by atoms with van der Waals surface area (Å²) in [6, 6.07) is 6.87. The number of carbonyl (C=O) groups is 8. The molecule has 1 aliphatic rings. The van der Waals surface area contributed by atoms with Crippen molar-refractivity contribution in [2.45, 2.75) is 75.8 Å². The van der Waals surface area contributed by atoms with Gasteiger partial charge in [0.05, 0.1) is 19.8 Å². The number of rotatable bonds is 19. The number of aliphatic hydroxyl groups is 2. The van der Waals surface area contributed by atoms with Gasteiger partial charge in [-0.15, -0.1) is 0 Å². The van der Waals surface area contributed by atoms with Crippen molar-refractivity contribution in [1.82, 2.24) is 36.8 Å². The number of likely N-dealkylation sites (tertiary alicyclic amines) is 1. The molecule has 298 valence electrons. The summed E-state index contributed by atoms with van der Waals surface area (Å²) in [5.41, 5.74) is 6.70. The number of phenols is 1. The molecule has 19 heteroatoms. The first-order chi connectivity index (χ1) is 26.1. The van der Waals surface area contributed by atoms with Gasteiger partial charge >= 0.3 is 0 Å². The van der Waals surface area contributed by atoms with Crippen molar-refractivity contribution in [3.8, 4) is 5.75 Å². The lowest BCUT2D eigenvalue weighted by Crippen LogP contribution is -2.60. The second-order valence-corrected chi connectivity index (χ2v) is 13.0. The lowest BCUT2D eigenvalue weighted by atomic mass is 10.0. The van der Waals surface area contributed by atoms with Gasteiger partial charge in [-0.2, -0.15) is 0 Å². The van der Waals surface area contributed by atoms with Crippen LogP contribution in [0, 0.1) is 0 Å². The van der Waals surface area contributed by atoms with Crippen LogP contribution in [0.2, 0.25) is 0 Å². The second-order valence-electron chi connectivity index (χ2n) is 13.0. The highest BCUT2D eigenvalue weighted by Crippen LogP contribution is 2.19. The Morgan fingerprint density at radius 1 is 0.727 bits per heavy atom. The molecule has 1 saturated heterocycles. The summed E-state index contributed by atoms with van der Waals surface area (Å²) < 4.78 is 0. The number of hydrogen-bond donors (Lipinski definition) is 10. The Bertz CT molecular complexity index is 1690. The Morgan fingerprint density at radius 2 is 1.29 bits per heavy atom. The van der Waals surface area contributed by atoms with E-state index in [0.29, 0.717) is 24.0 Å². The van der Waals surface area contributed by atoms with E-state index in [9.17, 15) is 53.7 Å². The second kappa shape index (κ2) is 21.0. The van der Waals surface area contributed by atoms with E-state index in [1.165, 1.54) is 36.1 Å². The van der Waals surface area contributed by atoms with E-state index < -0.39 is 103 Å². The Kier molecular flexibility index (Phi) is 16.5. The predicted octanol–water partition coefficient (Wildman–Crippen LogP) is -3.78. The number of benzene rings is 2.